The van der Waals surface area contributed by atoms with E-state index in [-0.39, 0.29) is 36.6 Å². The van der Waals surface area contributed by atoms with Crippen molar-refractivity contribution in [3.8, 4) is 0 Å². The molecule has 1 fully saturated rings. The lowest BCUT2D eigenvalue weighted by atomic mass is 9.85. The molecule has 0 unspecified atom stereocenters. The molecule has 1 aliphatic heterocycles. The van der Waals surface area contributed by atoms with Gasteiger partial charge in [0.1, 0.15) is 0 Å². The first-order valence-corrected chi connectivity index (χ1v) is 8.98. The largest absolute Gasteiger partial charge is 0.456 e. The summed E-state index contributed by atoms with van der Waals surface area (Å²) in [6.45, 7) is 1.44. The fourth-order valence-corrected chi connectivity index (χ4v) is 3.41. The maximum absolute atomic E-state index is 12.3. The van der Waals surface area contributed by atoms with E-state index in [1.807, 2.05) is 31.2 Å². The molecule has 1 aromatic carbocycles. The number of imide groups is 1. The second-order valence-corrected chi connectivity index (χ2v) is 6.76. The second kappa shape index (κ2) is 8.16. The van der Waals surface area contributed by atoms with Crippen LogP contribution in [-0.2, 0) is 23.9 Å². The lowest BCUT2D eigenvalue weighted by molar-refractivity contribution is -0.148. The molecule has 1 aliphatic carbocycles. The Kier molecular flexibility index (Phi) is 5.69. The number of carbonyl (C=O) groups excluding carboxylic acids is 4. The summed E-state index contributed by atoms with van der Waals surface area (Å²) in [6.07, 6.45) is 4.83. The molecular formula is C20H22N2O5. The zero-order chi connectivity index (χ0) is 19.4. The lowest BCUT2D eigenvalue weighted by Gasteiger charge is -2.14. The molecule has 0 aromatic heterocycles. The van der Waals surface area contributed by atoms with Crippen LogP contribution in [0.2, 0.25) is 0 Å². The van der Waals surface area contributed by atoms with E-state index in [1.54, 1.807) is 12.1 Å². The summed E-state index contributed by atoms with van der Waals surface area (Å²) in [6, 6.07) is 7.27. The molecule has 0 bridgehead atoms. The number of para-hydroxylation sites is 1. The first kappa shape index (κ1) is 18.8. The van der Waals surface area contributed by atoms with Crippen LogP contribution in [0.5, 0.6) is 0 Å². The Hall–Kier alpha value is -2.96. The number of ether oxygens (including phenoxy) is 1. The van der Waals surface area contributed by atoms with Gasteiger partial charge in [0.25, 0.3) is 5.91 Å². The normalized spacial score (nSPS) is 21.1. The van der Waals surface area contributed by atoms with Gasteiger partial charge in [-0.15, -0.1) is 0 Å². The zero-order valence-corrected chi connectivity index (χ0v) is 15.1. The molecule has 7 nitrogen and oxygen atoms in total. The van der Waals surface area contributed by atoms with Gasteiger partial charge < -0.3 is 10.1 Å². The van der Waals surface area contributed by atoms with Crippen molar-refractivity contribution in [3.05, 3.63) is 42.0 Å². The van der Waals surface area contributed by atoms with E-state index in [1.165, 1.54) is 0 Å². The van der Waals surface area contributed by atoms with Gasteiger partial charge in [-0.3, -0.25) is 24.1 Å². The van der Waals surface area contributed by atoms with Crippen molar-refractivity contribution in [1.29, 1.82) is 0 Å². The molecular weight excluding hydrogens is 348 g/mol. The number of carbonyl (C=O) groups is 4. The topological polar surface area (TPSA) is 92.8 Å². The van der Waals surface area contributed by atoms with Gasteiger partial charge in [0.15, 0.2) is 6.61 Å². The molecule has 1 aromatic rings. The van der Waals surface area contributed by atoms with Crippen LogP contribution in [0.15, 0.2) is 36.4 Å². The average molecular weight is 370 g/mol. The third-order valence-corrected chi connectivity index (χ3v) is 4.92. The summed E-state index contributed by atoms with van der Waals surface area (Å²) in [5, 5.41) is 2.67. The molecule has 2 aliphatic rings. The number of amides is 3. The van der Waals surface area contributed by atoms with Crippen LogP contribution in [0.3, 0.4) is 0 Å². The van der Waals surface area contributed by atoms with Crippen LogP contribution in [0.1, 0.15) is 24.8 Å². The van der Waals surface area contributed by atoms with E-state index in [4.69, 9.17) is 4.74 Å². The van der Waals surface area contributed by atoms with Crippen molar-refractivity contribution in [2.45, 2.75) is 26.2 Å². The van der Waals surface area contributed by atoms with Crippen LogP contribution in [-0.4, -0.2) is 41.7 Å². The molecule has 27 heavy (non-hydrogen) atoms. The molecule has 0 spiro atoms. The maximum Gasteiger partial charge on any atom is 0.308 e. The summed E-state index contributed by atoms with van der Waals surface area (Å²) in [4.78, 5) is 49.6. The van der Waals surface area contributed by atoms with E-state index in [9.17, 15) is 19.2 Å². The molecule has 1 N–H and O–H groups in total. The highest BCUT2D eigenvalue weighted by Crippen LogP contribution is 2.34. The molecule has 7 heteroatoms. The van der Waals surface area contributed by atoms with Crippen LogP contribution in [0.25, 0.3) is 0 Å². The highest BCUT2D eigenvalue weighted by atomic mass is 16.5. The molecule has 1 heterocycles. The van der Waals surface area contributed by atoms with Gasteiger partial charge in [-0.2, -0.15) is 0 Å². The van der Waals surface area contributed by atoms with E-state index < -0.39 is 18.5 Å². The van der Waals surface area contributed by atoms with Crippen LogP contribution >= 0.6 is 0 Å². The van der Waals surface area contributed by atoms with Gasteiger partial charge in [0.05, 0.1) is 18.3 Å². The van der Waals surface area contributed by atoms with E-state index in [0.29, 0.717) is 18.5 Å². The monoisotopic (exact) mass is 370 g/mol. The number of nitrogens with one attached hydrogen (secondary N) is 1. The SMILES string of the molecule is Cc1ccccc1NC(=O)COC(=O)CCN1C(=O)[C@H]2CC=CC[C@@H]2C1=O. The molecule has 3 rings (SSSR count). The number of esters is 1. The number of nitrogens with zero attached hydrogens (tertiary/aromatic N) is 1. The highest BCUT2D eigenvalue weighted by molar-refractivity contribution is 6.05. The van der Waals surface area contributed by atoms with E-state index in [2.05, 4.69) is 5.32 Å². The van der Waals surface area contributed by atoms with Crippen molar-refractivity contribution in [3.63, 3.8) is 0 Å². The number of aryl methyl sites for hydroxylation is 1. The molecule has 3 amide bonds. The van der Waals surface area contributed by atoms with Crippen molar-refractivity contribution in [2.24, 2.45) is 11.8 Å². The minimum absolute atomic E-state index is 0.0110. The standard InChI is InChI=1S/C20H22N2O5/c1-13-6-2-5-9-16(13)21-17(23)12-27-18(24)10-11-22-19(25)14-7-3-4-8-15(14)20(22)26/h2-6,9,14-15H,7-8,10-12H2,1H3,(H,21,23)/t14-,15-/m0/s1. The summed E-state index contributed by atoms with van der Waals surface area (Å²) < 4.78 is 4.95. The number of fused-ring (bicyclic) bond motifs is 1. The van der Waals surface area contributed by atoms with E-state index >= 15 is 0 Å². The number of likely N-dealkylation sites (tertiary alicyclic amines) is 1. The van der Waals surface area contributed by atoms with Crippen molar-refractivity contribution in [1.82, 2.24) is 4.90 Å². The summed E-state index contributed by atoms with van der Waals surface area (Å²) in [5.41, 5.74) is 1.56. The molecule has 2 atom stereocenters. The zero-order valence-electron chi connectivity index (χ0n) is 15.1. The van der Waals surface area contributed by atoms with Crippen LogP contribution in [0.4, 0.5) is 5.69 Å². The second-order valence-electron chi connectivity index (χ2n) is 6.76. The van der Waals surface area contributed by atoms with Crippen molar-refractivity contribution < 1.29 is 23.9 Å². The van der Waals surface area contributed by atoms with Crippen LogP contribution in [0, 0.1) is 18.8 Å². The lowest BCUT2D eigenvalue weighted by Crippen LogP contribution is -2.33. The quantitative estimate of drug-likeness (QED) is 0.468. The number of hydrogen-bond donors (Lipinski definition) is 1. The Morgan fingerprint density at radius 2 is 1.74 bits per heavy atom. The number of anilines is 1. The number of allylic oxidation sites excluding steroid dienone is 2. The molecule has 1 saturated heterocycles. The van der Waals surface area contributed by atoms with Gasteiger partial charge in [0.2, 0.25) is 11.8 Å². The molecule has 0 radical (unpaired) electrons. The fourth-order valence-electron chi connectivity index (χ4n) is 3.41. The van der Waals surface area contributed by atoms with Gasteiger partial charge in [0, 0.05) is 12.2 Å². The smallest absolute Gasteiger partial charge is 0.308 e. The van der Waals surface area contributed by atoms with Gasteiger partial charge in [-0.1, -0.05) is 30.4 Å². The Bertz CT molecular complexity index is 775. The van der Waals surface area contributed by atoms with Crippen LogP contribution < -0.4 is 5.32 Å². The first-order valence-electron chi connectivity index (χ1n) is 8.98. The third kappa shape index (κ3) is 4.24. The maximum atomic E-state index is 12.3. The Labute approximate surface area is 157 Å². The minimum atomic E-state index is -0.622. The van der Waals surface area contributed by atoms with E-state index in [0.717, 1.165) is 10.5 Å². The van der Waals surface area contributed by atoms with Gasteiger partial charge in [-0.05, 0) is 31.4 Å². The Balaban J connectivity index is 1.43. The summed E-state index contributed by atoms with van der Waals surface area (Å²) in [7, 11) is 0. The van der Waals surface area contributed by atoms with Crippen molar-refractivity contribution >= 4 is 29.4 Å². The number of hydrogen-bond acceptors (Lipinski definition) is 5. The first-order chi connectivity index (χ1) is 13.0. The highest BCUT2D eigenvalue weighted by Gasteiger charge is 2.46. The van der Waals surface area contributed by atoms with Crippen molar-refractivity contribution in [2.75, 3.05) is 18.5 Å². The number of rotatable bonds is 6. The minimum Gasteiger partial charge on any atom is -0.456 e. The third-order valence-electron chi connectivity index (χ3n) is 4.92. The molecule has 0 saturated carbocycles. The fraction of sp³-hybridized carbons (Fsp3) is 0.400. The molecule has 142 valence electrons. The Morgan fingerprint density at radius 3 is 2.37 bits per heavy atom. The Morgan fingerprint density at radius 1 is 1.11 bits per heavy atom. The predicted molar refractivity (Wildman–Crippen MR) is 97.5 cm³/mol. The predicted octanol–water partition coefficient (Wildman–Crippen LogP) is 1.82. The summed E-state index contributed by atoms with van der Waals surface area (Å²) in [5.74, 6) is -2.12. The summed E-state index contributed by atoms with van der Waals surface area (Å²) >= 11 is 0. The average Bonchev–Trinajstić information content (AvgIpc) is 2.91. The van der Waals surface area contributed by atoms with Gasteiger partial charge >= 0.3 is 5.97 Å². The van der Waals surface area contributed by atoms with Gasteiger partial charge in [-0.25, -0.2) is 0 Å². The number of benzene rings is 1.